The van der Waals surface area contributed by atoms with Gasteiger partial charge in [-0.2, -0.15) is 0 Å². The average molecular weight is 256 g/mol. The van der Waals surface area contributed by atoms with E-state index < -0.39 is 6.10 Å². The fourth-order valence-electron chi connectivity index (χ4n) is 2.40. The zero-order valence-electron chi connectivity index (χ0n) is 12.6. The second kappa shape index (κ2) is 11.7. The lowest BCUT2D eigenvalue weighted by atomic mass is 9.91. The van der Waals surface area contributed by atoms with E-state index in [4.69, 9.17) is 0 Å². The second-order valence-corrected chi connectivity index (χ2v) is 5.36. The lowest BCUT2D eigenvalue weighted by molar-refractivity contribution is -0.130. The smallest absolute Gasteiger partial charge is 0.161 e. The highest BCUT2D eigenvalue weighted by Gasteiger charge is 2.22. The molecule has 1 unspecified atom stereocenters. The fraction of sp³-hybridized carbons (Fsp3) is 0.938. The monoisotopic (exact) mass is 256 g/mol. The highest BCUT2D eigenvalue weighted by Crippen LogP contribution is 2.16. The number of ketones is 1. The summed E-state index contributed by atoms with van der Waals surface area (Å²) in [5, 5.41) is 9.90. The molecule has 0 radical (unpaired) electrons. The Balaban J connectivity index is 3.57. The van der Waals surface area contributed by atoms with E-state index in [2.05, 4.69) is 6.92 Å². The molecule has 0 amide bonds. The van der Waals surface area contributed by atoms with E-state index in [9.17, 15) is 9.90 Å². The number of aliphatic hydroxyl groups is 1. The Bertz CT molecular complexity index is 197. The summed E-state index contributed by atoms with van der Waals surface area (Å²) >= 11 is 0. The van der Waals surface area contributed by atoms with Crippen LogP contribution in [0.2, 0.25) is 0 Å². The molecule has 0 fully saturated rings. The van der Waals surface area contributed by atoms with Gasteiger partial charge in [0.1, 0.15) is 6.10 Å². The first kappa shape index (κ1) is 17.6. The maximum absolute atomic E-state index is 11.8. The Morgan fingerprint density at radius 3 is 1.89 bits per heavy atom. The third-order valence-electron chi connectivity index (χ3n) is 3.85. The molecule has 0 aromatic carbocycles. The molecule has 2 nitrogen and oxygen atoms in total. The van der Waals surface area contributed by atoms with Crippen molar-refractivity contribution in [3.63, 3.8) is 0 Å². The van der Waals surface area contributed by atoms with Gasteiger partial charge < -0.3 is 5.11 Å². The predicted octanol–water partition coefficient (Wildman–Crippen LogP) is 4.49. The van der Waals surface area contributed by atoms with Crippen molar-refractivity contribution in [3.05, 3.63) is 0 Å². The number of hydrogen-bond donors (Lipinski definition) is 1. The van der Waals surface area contributed by atoms with Gasteiger partial charge in [-0.25, -0.2) is 0 Å². The Hall–Kier alpha value is -0.370. The number of Topliss-reactive ketones (excluding diaryl/α,β-unsaturated/α-hetero) is 1. The van der Waals surface area contributed by atoms with Gasteiger partial charge in [-0.05, 0) is 12.3 Å². The Morgan fingerprint density at radius 1 is 0.889 bits per heavy atom. The molecule has 2 heteroatoms. The largest absolute Gasteiger partial charge is 0.385 e. The van der Waals surface area contributed by atoms with Crippen LogP contribution in [0.5, 0.6) is 0 Å². The van der Waals surface area contributed by atoms with Crippen LogP contribution in [-0.2, 0) is 4.79 Å². The van der Waals surface area contributed by atoms with Gasteiger partial charge in [-0.3, -0.25) is 4.79 Å². The summed E-state index contributed by atoms with van der Waals surface area (Å²) in [5.41, 5.74) is 0. The number of carbonyl (C=O) groups excluding carboxylic acids is 1. The van der Waals surface area contributed by atoms with Gasteiger partial charge in [-0.1, -0.05) is 72.1 Å². The van der Waals surface area contributed by atoms with Gasteiger partial charge >= 0.3 is 0 Å². The highest BCUT2D eigenvalue weighted by atomic mass is 16.3. The van der Waals surface area contributed by atoms with Gasteiger partial charge in [0.25, 0.3) is 0 Å². The first-order valence-corrected chi connectivity index (χ1v) is 7.88. The third kappa shape index (κ3) is 7.86. The van der Waals surface area contributed by atoms with Gasteiger partial charge in [0.2, 0.25) is 0 Å². The minimum atomic E-state index is -0.722. The molecular weight excluding hydrogens is 224 g/mol. The van der Waals surface area contributed by atoms with Crippen molar-refractivity contribution in [2.45, 2.75) is 91.1 Å². The topological polar surface area (TPSA) is 37.3 Å². The van der Waals surface area contributed by atoms with E-state index in [0.717, 1.165) is 25.7 Å². The van der Waals surface area contributed by atoms with Crippen LogP contribution in [0.15, 0.2) is 0 Å². The standard InChI is InChI=1S/C16H32O2/c1-4-7-8-9-10-11-12-13-15(17)16(18)14(5-2)6-3/h14,16,18H,4-13H2,1-3H3. The van der Waals surface area contributed by atoms with Crippen LogP contribution in [0.25, 0.3) is 0 Å². The molecule has 0 aromatic rings. The van der Waals surface area contributed by atoms with E-state index in [1.54, 1.807) is 0 Å². The van der Waals surface area contributed by atoms with Crippen molar-refractivity contribution in [1.29, 1.82) is 0 Å². The maximum Gasteiger partial charge on any atom is 0.161 e. The molecule has 108 valence electrons. The number of hydrogen-bond acceptors (Lipinski definition) is 2. The molecule has 0 spiro atoms. The van der Waals surface area contributed by atoms with Crippen molar-refractivity contribution in [2.75, 3.05) is 0 Å². The van der Waals surface area contributed by atoms with Gasteiger partial charge in [0.15, 0.2) is 5.78 Å². The molecule has 0 bridgehead atoms. The Labute approximate surface area is 113 Å². The first-order chi connectivity index (χ1) is 8.67. The third-order valence-corrected chi connectivity index (χ3v) is 3.85. The lowest BCUT2D eigenvalue weighted by Gasteiger charge is -2.18. The summed E-state index contributed by atoms with van der Waals surface area (Å²) < 4.78 is 0. The van der Waals surface area contributed by atoms with Crippen LogP contribution in [0.1, 0.15) is 85.0 Å². The van der Waals surface area contributed by atoms with E-state index >= 15 is 0 Å². The molecule has 18 heavy (non-hydrogen) atoms. The fourth-order valence-corrected chi connectivity index (χ4v) is 2.40. The Morgan fingerprint density at radius 2 is 1.39 bits per heavy atom. The molecule has 0 aliphatic heterocycles. The maximum atomic E-state index is 11.8. The van der Waals surface area contributed by atoms with E-state index in [-0.39, 0.29) is 11.7 Å². The van der Waals surface area contributed by atoms with Crippen molar-refractivity contribution >= 4 is 5.78 Å². The minimum Gasteiger partial charge on any atom is -0.385 e. The summed E-state index contributed by atoms with van der Waals surface area (Å²) in [4.78, 5) is 11.8. The number of aliphatic hydroxyl groups excluding tert-OH is 1. The molecular formula is C16H32O2. The van der Waals surface area contributed by atoms with E-state index in [0.29, 0.717) is 6.42 Å². The number of carbonyl (C=O) groups is 1. The van der Waals surface area contributed by atoms with Crippen molar-refractivity contribution in [3.8, 4) is 0 Å². The number of rotatable bonds is 12. The predicted molar refractivity (Wildman–Crippen MR) is 77.7 cm³/mol. The molecule has 0 aliphatic carbocycles. The summed E-state index contributed by atoms with van der Waals surface area (Å²) in [6.45, 7) is 6.30. The van der Waals surface area contributed by atoms with Gasteiger partial charge in [-0.15, -0.1) is 0 Å². The molecule has 0 rings (SSSR count). The molecule has 0 saturated heterocycles. The van der Waals surface area contributed by atoms with Crippen molar-refractivity contribution in [2.24, 2.45) is 5.92 Å². The Kier molecular flexibility index (Phi) is 11.5. The number of unbranched alkanes of at least 4 members (excludes halogenated alkanes) is 6. The molecule has 0 aliphatic rings. The van der Waals surface area contributed by atoms with Crippen LogP contribution in [0, 0.1) is 5.92 Å². The van der Waals surface area contributed by atoms with E-state index in [1.807, 2.05) is 13.8 Å². The summed E-state index contributed by atoms with van der Waals surface area (Å²) in [6, 6.07) is 0. The SMILES string of the molecule is CCCCCCCCCC(=O)C(O)C(CC)CC. The van der Waals surface area contributed by atoms with Crippen LogP contribution in [0.3, 0.4) is 0 Å². The quantitative estimate of drug-likeness (QED) is 0.522. The minimum absolute atomic E-state index is 0.0530. The van der Waals surface area contributed by atoms with Crippen molar-refractivity contribution in [1.82, 2.24) is 0 Å². The van der Waals surface area contributed by atoms with Crippen LogP contribution in [0.4, 0.5) is 0 Å². The molecule has 1 atom stereocenters. The lowest BCUT2D eigenvalue weighted by Crippen LogP contribution is -2.28. The average Bonchev–Trinajstić information content (AvgIpc) is 2.38. The summed E-state index contributed by atoms with van der Waals surface area (Å²) in [6.07, 6.45) is 10.1. The first-order valence-electron chi connectivity index (χ1n) is 7.88. The molecule has 0 aromatic heterocycles. The van der Waals surface area contributed by atoms with Gasteiger partial charge in [0, 0.05) is 6.42 Å². The second-order valence-electron chi connectivity index (χ2n) is 5.36. The zero-order chi connectivity index (χ0) is 13.8. The van der Waals surface area contributed by atoms with Crippen LogP contribution >= 0.6 is 0 Å². The normalized spacial score (nSPS) is 12.9. The van der Waals surface area contributed by atoms with E-state index in [1.165, 1.54) is 32.1 Å². The zero-order valence-corrected chi connectivity index (χ0v) is 12.6. The molecule has 1 N–H and O–H groups in total. The van der Waals surface area contributed by atoms with Crippen LogP contribution < -0.4 is 0 Å². The summed E-state index contributed by atoms with van der Waals surface area (Å²) in [5.74, 6) is 0.208. The molecule has 0 saturated carbocycles. The van der Waals surface area contributed by atoms with Crippen molar-refractivity contribution < 1.29 is 9.90 Å². The highest BCUT2D eigenvalue weighted by molar-refractivity contribution is 5.83. The van der Waals surface area contributed by atoms with Crippen LogP contribution in [-0.4, -0.2) is 17.0 Å². The van der Waals surface area contributed by atoms with Gasteiger partial charge in [0.05, 0.1) is 0 Å². The summed E-state index contributed by atoms with van der Waals surface area (Å²) in [7, 11) is 0. The molecule has 0 heterocycles.